The topological polar surface area (TPSA) is 28.2 Å². The molecule has 1 aromatic heterocycles. The van der Waals surface area contributed by atoms with Crippen molar-refractivity contribution >= 4 is 16.5 Å². The third-order valence-corrected chi connectivity index (χ3v) is 5.64. The maximum absolute atomic E-state index is 4.92. The first-order chi connectivity index (χ1) is 8.88. The van der Waals surface area contributed by atoms with Crippen molar-refractivity contribution in [3.05, 3.63) is 10.6 Å². The predicted molar refractivity (Wildman–Crippen MR) is 84.2 cm³/mol. The van der Waals surface area contributed by atoms with E-state index in [1.54, 1.807) is 0 Å². The summed E-state index contributed by atoms with van der Waals surface area (Å²) in [5.74, 6) is 0. The van der Waals surface area contributed by atoms with E-state index in [0.29, 0.717) is 17.5 Å². The normalized spacial score (nSPS) is 22.9. The van der Waals surface area contributed by atoms with E-state index in [1.807, 2.05) is 11.3 Å². The molecule has 0 amide bonds. The molecule has 0 fully saturated rings. The third kappa shape index (κ3) is 2.95. The highest BCUT2D eigenvalue weighted by atomic mass is 32.1. The van der Waals surface area contributed by atoms with Gasteiger partial charge in [-0.3, -0.25) is 0 Å². The number of aromatic nitrogens is 1. The van der Waals surface area contributed by atoms with Crippen LogP contribution in [0.4, 0.5) is 5.13 Å². The first-order valence-electron chi connectivity index (χ1n) is 7.27. The number of fused-ring (bicyclic) bond motifs is 1. The highest BCUT2D eigenvalue weighted by Gasteiger charge is 2.34. The molecule has 2 rings (SSSR count). The Morgan fingerprint density at radius 1 is 1.53 bits per heavy atom. The van der Waals surface area contributed by atoms with Crippen molar-refractivity contribution in [3.63, 3.8) is 0 Å². The SMILES string of the molecule is CCC(C)N(C)c1nc2c(s1)C(NC)CC(C)(C)C2. The summed E-state index contributed by atoms with van der Waals surface area (Å²) in [6, 6.07) is 1.02. The van der Waals surface area contributed by atoms with E-state index in [4.69, 9.17) is 4.98 Å². The average Bonchev–Trinajstić information content (AvgIpc) is 2.77. The number of nitrogens with zero attached hydrogens (tertiary/aromatic N) is 2. The lowest BCUT2D eigenvalue weighted by atomic mass is 9.76. The summed E-state index contributed by atoms with van der Waals surface area (Å²) in [5, 5.41) is 4.64. The summed E-state index contributed by atoms with van der Waals surface area (Å²) < 4.78 is 0. The molecule has 108 valence electrons. The van der Waals surface area contributed by atoms with Gasteiger partial charge in [0, 0.05) is 24.0 Å². The quantitative estimate of drug-likeness (QED) is 0.914. The van der Waals surface area contributed by atoms with Gasteiger partial charge in [0.2, 0.25) is 0 Å². The van der Waals surface area contributed by atoms with Crippen LogP contribution in [0.3, 0.4) is 0 Å². The van der Waals surface area contributed by atoms with E-state index in [-0.39, 0.29) is 0 Å². The van der Waals surface area contributed by atoms with Gasteiger partial charge in [0.05, 0.1) is 5.69 Å². The minimum Gasteiger partial charge on any atom is -0.348 e. The van der Waals surface area contributed by atoms with Gasteiger partial charge < -0.3 is 10.2 Å². The molecule has 0 saturated carbocycles. The van der Waals surface area contributed by atoms with Crippen LogP contribution in [-0.2, 0) is 6.42 Å². The van der Waals surface area contributed by atoms with E-state index in [1.165, 1.54) is 22.1 Å². The number of thiazole rings is 1. The average molecular weight is 281 g/mol. The molecule has 1 heterocycles. The Balaban J connectivity index is 2.31. The number of hydrogen-bond donors (Lipinski definition) is 1. The molecule has 1 aliphatic carbocycles. The molecule has 0 aliphatic heterocycles. The Morgan fingerprint density at radius 3 is 2.79 bits per heavy atom. The Morgan fingerprint density at radius 2 is 2.21 bits per heavy atom. The second-order valence-corrected chi connectivity index (χ2v) is 7.57. The lowest BCUT2D eigenvalue weighted by Crippen LogP contribution is -2.30. The van der Waals surface area contributed by atoms with Gasteiger partial charge >= 0.3 is 0 Å². The van der Waals surface area contributed by atoms with Crippen molar-refractivity contribution in [2.24, 2.45) is 5.41 Å². The minimum atomic E-state index is 0.348. The fraction of sp³-hybridized carbons (Fsp3) is 0.800. The second-order valence-electron chi connectivity index (χ2n) is 6.56. The van der Waals surface area contributed by atoms with Crippen molar-refractivity contribution in [2.75, 3.05) is 19.0 Å². The zero-order chi connectivity index (χ0) is 14.2. The molecule has 19 heavy (non-hydrogen) atoms. The molecule has 0 radical (unpaired) electrons. The molecule has 0 saturated heterocycles. The molecule has 4 heteroatoms. The van der Waals surface area contributed by atoms with E-state index in [2.05, 4.69) is 52.0 Å². The lowest BCUT2D eigenvalue weighted by molar-refractivity contribution is 0.265. The van der Waals surface area contributed by atoms with E-state index >= 15 is 0 Å². The van der Waals surface area contributed by atoms with Crippen LogP contribution in [-0.4, -0.2) is 25.1 Å². The van der Waals surface area contributed by atoms with E-state index in [9.17, 15) is 0 Å². The van der Waals surface area contributed by atoms with Crippen LogP contribution >= 0.6 is 11.3 Å². The predicted octanol–water partition coefficient (Wildman–Crippen LogP) is 3.61. The van der Waals surface area contributed by atoms with Crippen LogP contribution in [0, 0.1) is 5.41 Å². The van der Waals surface area contributed by atoms with Gasteiger partial charge in [-0.15, -0.1) is 0 Å². The Hall–Kier alpha value is -0.610. The van der Waals surface area contributed by atoms with Crippen molar-refractivity contribution in [2.45, 2.75) is 59.0 Å². The van der Waals surface area contributed by atoms with Gasteiger partial charge in [-0.1, -0.05) is 32.1 Å². The second kappa shape index (κ2) is 5.41. The summed E-state index contributed by atoms with van der Waals surface area (Å²) in [6.45, 7) is 9.18. The van der Waals surface area contributed by atoms with Crippen molar-refractivity contribution < 1.29 is 0 Å². The fourth-order valence-electron chi connectivity index (χ4n) is 2.77. The van der Waals surface area contributed by atoms with Gasteiger partial charge in [0.25, 0.3) is 0 Å². The lowest BCUT2D eigenvalue weighted by Gasteiger charge is -2.34. The van der Waals surface area contributed by atoms with Gasteiger partial charge in [0.1, 0.15) is 0 Å². The van der Waals surface area contributed by atoms with Gasteiger partial charge in [-0.05, 0) is 38.6 Å². The van der Waals surface area contributed by atoms with Crippen molar-refractivity contribution in [1.29, 1.82) is 0 Å². The Labute approximate surface area is 121 Å². The molecule has 0 aromatic carbocycles. The zero-order valence-corrected chi connectivity index (χ0v) is 13.9. The summed E-state index contributed by atoms with van der Waals surface area (Å²) in [7, 11) is 4.23. The van der Waals surface area contributed by atoms with Crippen molar-refractivity contribution in [3.8, 4) is 0 Å². The molecule has 0 bridgehead atoms. The smallest absolute Gasteiger partial charge is 0.185 e. The van der Waals surface area contributed by atoms with Crippen LogP contribution in [0.1, 0.15) is 57.1 Å². The first kappa shape index (κ1) is 14.8. The number of nitrogens with one attached hydrogen (secondary N) is 1. The fourth-order valence-corrected chi connectivity index (χ4v) is 4.02. The molecule has 1 aliphatic rings. The van der Waals surface area contributed by atoms with E-state index in [0.717, 1.165) is 12.8 Å². The highest BCUT2D eigenvalue weighted by molar-refractivity contribution is 7.15. The number of anilines is 1. The number of rotatable bonds is 4. The molecular weight excluding hydrogens is 254 g/mol. The van der Waals surface area contributed by atoms with Crippen molar-refractivity contribution in [1.82, 2.24) is 10.3 Å². The monoisotopic (exact) mass is 281 g/mol. The summed E-state index contributed by atoms with van der Waals surface area (Å²) in [5.41, 5.74) is 1.66. The van der Waals surface area contributed by atoms with Crippen LogP contribution in [0.5, 0.6) is 0 Å². The van der Waals surface area contributed by atoms with Crippen LogP contribution in [0.15, 0.2) is 0 Å². The molecule has 3 nitrogen and oxygen atoms in total. The molecule has 1 aromatic rings. The van der Waals surface area contributed by atoms with Crippen LogP contribution in [0.2, 0.25) is 0 Å². The Bertz CT molecular complexity index is 439. The maximum atomic E-state index is 4.92. The molecule has 1 N–H and O–H groups in total. The van der Waals surface area contributed by atoms with E-state index < -0.39 is 0 Å². The molecule has 2 atom stereocenters. The van der Waals surface area contributed by atoms with Crippen LogP contribution in [0.25, 0.3) is 0 Å². The maximum Gasteiger partial charge on any atom is 0.185 e. The van der Waals surface area contributed by atoms with Gasteiger partial charge in [0.15, 0.2) is 5.13 Å². The zero-order valence-electron chi connectivity index (χ0n) is 13.1. The van der Waals surface area contributed by atoms with Gasteiger partial charge in [-0.25, -0.2) is 4.98 Å². The summed E-state index contributed by atoms with van der Waals surface area (Å²) in [4.78, 5) is 8.69. The minimum absolute atomic E-state index is 0.348. The third-order valence-electron chi connectivity index (χ3n) is 4.34. The summed E-state index contributed by atoms with van der Waals surface area (Å²) >= 11 is 1.87. The standard InChI is InChI=1S/C15H27N3S/c1-7-10(2)18(6)14-17-12-9-15(3,4)8-11(16-5)13(12)19-14/h10-11,16H,7-9H2,1-6H3. The molecular formula is C15H27N3S. The highest BCUT2D eigenvalue weighted by Crippen LogP contribution is 2.44. The van der Waals surface area contributed by atoms with Crippen LogP contribution < -0.4 is 10.2 Å². The Kier molecular flexibility index (Phi) is 4.21. The largest absolute Gasteiger partial charge is 0.348 e. The summed E-state index contributed by atoms with van der Waals surface area (Å²) in [6.07, 6.45) is 3.46. The first-order valence-corrected chi connectivity index (χ1v) is 8.09. The molecule has 0 spiro atoms. The molecule has 2 unspecified atom stereocenters. The number of hydrogen-bond acceptors (Lipinski definition) is 4. The van der Waals surface area contributed by atoms with Gasteiger partial charge in [-0.2, -0.15) is 0 Å².